The van der Waals surface area contributed by atoms with Crippen molar-refractivity contribution in [2.45, 2.75) is 32.7 Å². The average molecular weight is 522 g/mol. The lowest BCUT2D eigenvalue weighted by Gasteiger charge is -2.20. The number of nitrogens with one attached hydrogen (secondary N) is 3. The van der Waals surface area contributed by atoms with Crippen LogP contribution in [0.1, 0.15) is 48.7 Å². The Hall–Kier alpha value is -4.45. The molecule has 5 aromatic rings. The first-order valence-electron chi connectivity index (χ1n) is 11.7. The van der Waals surface area contributed by atoms with Gasteiger partial charge in [0.2, 0.25) is 0 Å². The first-order valence-corrected chi connectivity index (χ1v) is 12.1. The lowest BCUT2D eigenvalue weighted by atomic mass is 10.0. The Labute approximate surface area is 216 Å². The number of hydrogen-bond donors (Lipinski definition) is 3. The molecule has 0 spiro atoms. The van der Waals surface area contributed by atoms with E-state index in [1.54, 1.807) is 49.4 Å². The lowest BCUT2D eigenvalue weighted by molar-refractivity contribution is 0.0942. The molecule has 0 aliphatic rings. The van der Waals surface area contributed by atoms with E-state index in [9.17, 15) is 9.59 Å². The van der Waals surface area contributed by atoms with Crippen LogP contribution in [0.25, 0.3) is 22.4 Å². The van der Waals surface area contributed by atoms with Crippen molar-refractivity contribution in [1.82, 2.24) is 39.5 Å². The molecule has 5 rings (SSSR count). The molecule has 5 heterocycles. The molecular weight excluding hydrogens is 498 g/mol. The highest BCUT2D eigenvalue weighted by atomic mass is 35.5. The number of aromatic nitrogens is 7. The maximum Gasteiger partial charge on any atom is 0.412 e. The van der Waals surface area contributed by atoms with Crippen LogP contribution in [-0.2, 0) is 4.74 Å². The molecule has 0 aliphatic heterocycles. The van der Waals surface area contributed by atoms with Crippen LogP contribution in [0.2, 0.25) is 5.02 Å². The van der Waals surface area contributed by atoms with E-state index in [-0.39, 0.29) is 23.6 Å². The molecule has 0 aliphatic carbocycles. The molecule has 12 nitrogen and oxygen atoms in total. The van der Waals surface area contributed by atoms with Gasteiger partial charge < -0.3 is 10.1 Å². The fraction of sp³-hybridized carbons (Fsp3) is 0.250. The van der Waals surface area contributed by atoms with Gasteiger partial charge in [-0.05, 0) is 25.5 Å². The number of rotatable bonds is 8. The molecular formula is C24H24ClN9O3. The monoisotopic (exact) mass is 521 g/mol. The van der Waals surface area contributed by atoms with E-state index < -0.39 is 18.0 Å². The lowest BCUT2D eigenvalue weighted by Crippen LogP contribution is -2.28. The molecule has 0 bridgehead atoms. The maximum absolute atomic E-state index is 13.6. The Morgan fingerprint density at radius 3 is 2.95 bits per heavy atom. The summed E-state index contributed by atoms with van der Waals surface area (Å²) in [5, 5.41) is 17.3. The first-order chi connectivity index (χ1) is 18.0. The zero-order valence-corrected chi connectivity index (χ0v) is 20.9. The number of carbonyl (C=O) groups excluding carboxylic acids is 2. The van der Waals surface area contributed by atoms with Gasteiger partial charge in [-0.25, -0.2) is 19.3 Å². The highest BCUT2D eigenvalue weighted by Gasteiger charge is 2.26. The number of pyridine rings is 1. The van der Waals surface area contributed by atoms with Crippen LogP contribution in [-0.4, -0.2) is 52.8 Å². The zero-order valence-electron chi connectivity index (χ0n) is 20.1. The van der Waals surface area contributed by atoms with E-state index in [0.29, 0.717) is 5.02 Å². The molecule has 1 unspecified atom stereocenters. The molecule has 2 amide bonds. The highest BCUT2D eigenvalue weighted by Crippen LogP contribution is 2.33. The number of imidazole rings is 1. The summed E-state index contributed by atoms with van der Waals surface area (Å²) in [6.07, 6.45) is 10.9. The minimum Gasteiger partial charge on any atom is -0.449 e. The number of halogens is 1. The largest absolute Gasteiger partial charge is 0.449 e. The third-order valence-electron chi connectivity index (χ3n) is 5.84. The Balaban J connectivity index is 1.49. The van der Waals surface area contributed by atoms with E-state index in [4.69, 9.17) is 16.3 Å². The molecule has 37 heavy (non-hydrogen) atoms. The molecule has 0 saturated carbocycles. The van der Waals surface area contributed by atoms with Crippen LogP contribution in [0.5, 0.6) is 0 Å². The normalized spacial score (nSPS) is 12.1. The smallest absolute Gasteiger partial charge is 0.412 e. The molecule has 1 atom stereocenters. The van der Waals surface area contributed by atoms with Crippen molar-refractivity contribution < 1.29 is 14.3 Å². The molecule has 5 aromatic heterocycles. The fourth-order valence-corrected chi connectivity index (χ4v) is 4.31. The molecule has 3 N–H and O–H groups in total. The summed E-state index contributed by atoms with van der Waals surface area (Å²) < 4.78 is 8.46. The van der Waals surface area contributed by atoms with Crippen molar-refractivity contribution in [1.29, 1.82) is 0 Å². The van der Waals surface area contributed by atoms with Gasteiger partial charge in [0.15, 0.2) is 11.5 Å². The number of anilines is 1. The topological polar surface area (TPSA) is 144 Å². The number of carbonyl (C=O) groups is 2. The average Bonchev–Trinajstić information content (AvgIpc) is 3.64. The number of ether oxygens (including phenoxy) is 1. The Morgan fingerprint density at radius 1 is 1.30 bits per heavy atom. The minimum absolute atomic E-state index is 0.0445. The predicted octanol–water partition coefficient (Wildman–Crippen LogP) is 4.26. The Bertz CT molecular complexity index is 1580. The second-order valence-electron chi connectivity index (χ2n) is 8.35. The molecule has 190 valence electrons. The van der Waals surface area contributed by atoms with Crippen molar-refractivity contribution in [3.8, 4) is 11.3 Å². The third-order valence-corrected chi connectivity index (χ3v) is 6.14. The summed E-state index contributed by atoms with van der Waals surface area (Å²) in [5.41, 5.74) is 3.43. The third kappa shape index (κ3) is 4.70. The van der Waals surface area contributed by atoms with Crippen molar-refractivity contribution in [2.24, 2.45) is 0 Å². The first kappa shape index (κ1) is 24.3. The van der Waals surface area contributed by atoms with Crippen LogP contribution in [0, 0.1) is 0 Å². The number of H-pyrrole nitrogens is 1. The zero-order chi connectivity index (χ0) is 25.9. The molecule has 0 radical (unpaired) electrons. The van der Waals surface area contributed by atoms with Gasteiger partial charge >= 0.3 is 6.09 Å². The van der Waals surface area contributed by atoms with Gasteiger partial charge in [-0.15, -0.1) is 5.10 Å². The van der Waals surface area contributed by atoms with Crippen LogP contribution in [0.4, 0.5) is 10.6 Å². The quantitative estimate of drug-likeness (QED) is 0.259. The van der Waals surface area contributed by atoms with Crippen LogP contribution in [0.3, 0.4) is 0 Å². The molecule has 0 fully saturated rings. The standard InChI is InChI=1S/C24H24ClN9O3/c1-3-4-8-37-24(36)31-21-19(22-27-6-5-7-34(22)32-21)23(35)30-14(2)16-9-17(25)18-12-26-13-33(18)20(16)15-10-28-29-11-15/h5-7,9-14H,3-4,8H2,1-2H3,(H,28,29)(H,30,35)(H,31,32,36). The van der Waals surface area contributed by atoms with Gasteiger partial charge in [0.1, 0.15) is 5.56 Å². The SMILES string of the molecule is CCCCOC(=O)Nc1nn2cccnc2c1C(=O)NC(C)c1cc(Cl)c2cncn2c1-c1cn[nH]c1. The van der Waals surface area contributed by atoms with E-state index in [0.717, 1.165) is 35.2 Å². The number of aromatic amines is 1. The number of nitrogens with zero attached hydrogens (tertiary/aromatic N) is 6. The number of unbranched alkanes of at least 4 members (excludes halogenated alkanes) is 1. The van der Waals surface area contributed by atoms with E-state index in [1.165, 1.54) is 4.52 Å². The van der Waals surface area contributed by atoms with Gasteiger partial charge in [0, 0.05) is 29.7 Å². The molecule has 13 heteroatoms. The van der Waals surface area contributed by atoms with Crippen LogP contribution < -0.4 is 10.6 Å². The second-order valence-corrected chi connectivity index (χ2v) is 8.76. The van der Waals surface area contributed by atoms with E-state index in [2.05, 4.69) is 35.9 Å². The Kier molecular flexibility index (Phi) is 6.73. The second kappa shape index (κ2) is 10.3. The van der Waals surface area contributed by atoms with Gasteiger partial charge in [0.25, 0.3) is 5.91 Å². The van der Waals surface area contributed by atoms with Crippen molar-refractivity contribution in [3.05, 3.63) is 65.6 Å². The summed E-state index contributed by atoms with van der Waals surface area (Å²) >= 11 is 6.55. The van der Waals surface area contributed by atoms with Crippen molar-refractivity contribution >= 4 is 40.6 Å². The number of hydrogen-bond acceptors (Lipinski definition) is 7. The number of fused-ring (bicyclic) bond motifs is 2. The van der Waals surface area contributed by atoms with Crippen LogP contribution in [0.15, 0.2) is 49.4 Å². The van der Waals surface area contributed by atoms with Crippen molar-refractivity contribution in [2.75, 3.05) is 11.9 Å². The summed E-state index contributed by atoms with van der Waals surface area (Å²) in [7, 11) is 0. The molecule has 0 saturated heterocycles. The van der Waals surface area contributed by atoms with Gasteiger partial charge in [-0.1, -0.05) is 24.9 Å². The fourth-order valence-electron chi connectivity index (χ4n) is 4.06. The number of amides is 2. The highest BCUT2D eigenvalue weighted by molar-refractivity contribution is 6.34. The molecule has 0 aromatic carbocycles. The van der Waals surface area contributed by atoms with E-state index >= 15 is 0 Å². The Morgan fingerprint density at radius 2 is 2.16 bits per heavy atom. The summed E-state index contributed by atoms with van der Waals surface area (Å²) in [6, 6.07) is 2.96. The van der Waals surface area contributed by atoms with Crippen molar-refractivity contribution in [3.63, 3.8) is 0 Å². The summed E-state index contributed by atoms with van der Waals surface area (Å²) in [5.74, 6) is -0.437. The minimum atomic E-state index is -0.696. The van der Waals surface area contributed by atoms with Gasteiger partial charge in [0.05, 0.1) is 47.6 Å². The van der Waals surface area contributed by atoms with Crippen LogP contribution >= 0.6 is 11.6 Å². The van der Waals surface area contributed by atoms with Gasteiger partial charge in [-0.2, -0.15) is 5.10 Å². The van der Waals surface area contributed by atoms with Gasteiger partial charge in [-0.3, -0.25) is 19.6 Å². The summed E-state index contributed by atoms with van der Waals surface area (Å²) in [4.78, 5) is 34.4. The maximum atomic E-state index is 13.6. The predicted molar refractivity (Wildman–Crippen MR) is 137 cm³/mol. The summed E-state index contributed by atoms with van der Waals surface area (Å²) in [6.45, 7) is 4.09. The van der Waals surface area contributed by atoms with E-state index in [1.807, 2.05) is 18.2 Å².